The van der Waals surface area contributed by atoms with Crippen LogP contribution < -0.4 is 15.5 Å². The van der Waals surface area contributed by atoms with Crippen molar-refractivity contribution in [3.05, 3.63) is 48.3 Å². The van der Waals surface area contributed by atoms with Crippen molar-refractivity contribution in [2.45, 2.75) is 26.3 Å². The highest BCUT2D eigenvalue weighted by atomic mass is 35.5. The van der Waals surface area contributed by atoms with Gasteiger partial charge in [-0.25, -0.2) is 9.97 Å². The Kier molecular flexibility index (Phi) is 9.14. The standard InChI is InChI=1S/C20H27N5O.2ClH/c1-20(2,18(21)15-26)14-16-4-6-17(7-5-16)24-10-12-25(13-11-24)19-22-8-3-9-23-19;;/h3-9,15,18H,10-14,21H2,1-2H3;2*1H. The van der Waals surface area contributed by atoms with Gasteiger partial charge in [0, 0.05) is 44.3 Å². The van der Waals surface area contributed by atoms with E-state index in [0.717, 1.165) is 44.8 Å². The summed E-state index contributed by atoms with van der Waals surface area (Å²) in [4.78, 5) is 24.2. The second-order valence-electron chi connectivity index (χ2n) is 7.52. The Balaban J connectivity index is 0.00000196. The smallest absolute Gasteiger partial charge is 0.225 e. The van der Waals surface area contributed by atoms with Crippen LogP contribution in [0.25, 0.3) is 0 Å². The first-order valence-corrected chi connectivity index (χ1v) is 9.06. The Morgan fingerprint density at radius 1 is 1.04 bits per heavy atom. The summed E-state index contributed by atoms with van der Waals surface area (Å²) in [5, 5.41) is 0. The fourth-order valence-electron chi connectivity index (χ4n) is 3.27. The van der Waals surface area contributed by atoms with Crippen LogP contribution >= 0.6 is 24.8 Å². The SMILES string of the molecule is CC(C)(Cc1ccc(N2CCN(c3ncccn3)CC2)cc1)C(N)C=O.Cl.Cl. The number of rotatable bonds is 6. The number of carbonyl (C=O) groups is 1. The summed E-state index contributed by atoms with van der Waals surface area (Å²) in [6.07, 6.45) is 5.19. The number of hydrogen-bond acceptors (Lipinski definition) is 6. The Morgan fingerprint density at radius 3 is 2.11 bits per heavy atom. The monoisotopic (exact) mass is 425 g/mol. The lowest BCUT2D eigenvalue weighted by Crippen LogP contribution is -2.47. The van der Waals surface area contributed by atoms with Crippen molar-refractivity contribution in [1.29, 1.82) is 0 Å². The van der Waals surface area contributed by atoms with Crippen molar-refractivity contribution in [3.8, 4) is 0 Å². The zero-order valence-corrected chi connectivity index (χ0v) is 18.0. The molecular weight excluding hydrogens is 397 g/mol. The summed E-state index contributed by atoms with van der Waals surface area (Å²) in [6, 6.07) is 9.99. The maximum atomic E-state index is 11.0. The number of halogens is 2. The molecule has 0 spiro atoms. The van der Waals surface area contributed by atoms with Gasteiger partial charge in [-0.2, -0.15) is 0 Å². The molecule has 2 aromatic rings. The van der Waals surface area contributed by atoms with Crippen molar-refractivity contribution in [3.63, 3.8) is 0 Å². The average Bonchev–Trinajstić information content (AvgIpc) is 2.68. The molecule has 1 saturated heterocycles. The van der Waals surface area contributed by atoms with Gasteiger partial charge in [-0.3, -0.25) is 0 Å². The number of carbonyl (C=O) groups excluding carboxylic acids is 1. The summed E-state index contributed by atoms with van der Waals surface area (Å²) < 4.78 is 0. The first-order chi connectivity index (χ1) is 12.5. The van der Waals surface area contributed by atoms with Crippen LogP contribution in [-0.2, 0) is 11.2 Å². The minimum absolute atomic E-state index is 0. The minimum Gasteiger partial charge on any atom is -0.368 e. The van der Waals surface area contributed by atoms with Crippen LogP contribution in [0.4, 0.5) is 11.6 Å². The summed E-state index contributed by atoms with van der Waals surface area (Å²) >= 11 is 0. The number of aromatic nitrogens is 2. The van der Waals surface area contributed by atoms with E-state index < -0.39 is 6.04 Å². The molecule has 8 heteroatoms. The number of aldehydes is 1. The fraction of sp³-hybridized carbons (Fsp3) is 0.450. The molecule has 154 valence electrons. The van der Waals surface area contributed by atoms with E-state index in [1.54, 1.807) is 12.4 Å². The van der Waals surface area contributed by atoms with Crippen LogP contribution in [0.5, 0.6) is 0 Å². The molecule has 3 rings (SSSR count). The van der Waals surface area contributed by atoms with Crippen LogP contribution in [0.3, 0.4) is 0 Å². The molecule has 0 aliphatic carbocycles. The normalized spacial score (nSPS) is 15.2. The van der Waals surface area contributed by atoms with E-state index in [1.807, 2.05) is 19.9 Å². The minimum atomic E-state index is -0.449. The third kappa shape index (κ3) is 5.80. The molecule has 1 aliphatic rings. The van der Waals surface area contributed by atoms with Crippen LogP contribution in [-0.4, -0.2) is 48.5 Å². The lowest BCUT2D eigenvalue weighted by Gasteiger charge is -2.36. The van der Waals surface area contributed by atoms with Crippen molar-refractivity contribution in [2.75, 3.05) is 36.0 Å². The van der Waals surface area contributed by atoms with Crippen molar-refractivity contribution in [1.82, 2.24) is 9.97 Å². The number of piperazine rings is 1. The zero-order chi connectivity index (χ0) is 18.6. The van der Waals surface area contributed by atoms with E-state index in [-0.39, 0.29) is 30.2 Å². The second kappa shape index (κ2) is 10.6. The van der Waals surface area contributed by atoms with Crippen molar-refractivity contribution in [2.24, 2.45) is 11.1 Å². The molecule has 0 amide bonds. The van der Waals surface area contributed by atoms with Gasteiger partial charge in [0.25, 0.3) is 0 Å². The molecule has 0 radical (unpaired) electrons. The van der Waals surface area contributed by atoms with Gasteiger partial charge in [0.05, 0.1) is 6.04 Å². The molecule has 2 heterocycles. The van der Waals surface area contributed by atoms with E-state index in [1.165, 1.54) is 11.3 Å². The first kappa shape index (κ1) is 24.1. The van der Waals surface area contributed by atoms with Gasteiger partial charge in [0.2, 0.25) is 5.95 Å². The van der Waals surface area contributed by atoms with Gasteiger partial charge in [-0.1, -0.05) is 26.0 Å². The van der Waals surface area contributed by atoms with Gasteiger partial charge in [0.1, 0.15) is 6.29 Å². The summed E-state index contributed by atoms with van der Waals surface area (Å²) in [7, 11) is 0. The molecule has 1 fully saturated rings. The molecule has 1 unspecified atom stereocenters. The molecule has 0 bridgehead atoms. The quantitative estimate of drug-likeness (QED) is 0.716. The van der Waals surface area contributed by atoms with Crippen molar-refractivity contribution < 1.29 is 4.79 Å². The largest absolute Gasteiger partial charge is 0.368 e. The summed E-state index contributed by atoms with van der Waals surface area (Å²) in [6.45, 7) is 7.77. The molecular formula is C20H29Cl2N5O. The molecule has 2 N–H and O–H groups in total. The Bertz CT molecular complexity index is 719. The lowest BCUT2D eigenvalue weighted by atomic mass is 9.80. The molecule has 1 aliphatic heterocycles. The average molecular weight is 426 g/mol. The van der Waals surface area contributed by atoms with E-state index in [4.69, 9.17) is 5.73 Å². The molecule has 28 heavy (non-hydrogen) atoms. The van der Waals surface area contributed by atoms with Crippen LogP contribution in [0.15, 0.2) is 42.7 Å². The molecule has 0 saturated carbocycles. The number of hydrogen-bond donors (Lipinski definition) is 1. The predicted molar refractivity (Wildman–Crippen MR) is 119 cm³/mol. The highest BCUT2D eigenvalue weighted by molar-refractivity contribution is 5.85. The van der Waals surface area contributed by atoms with Gasteiger partial charge in [0.15, 0.2) is 0 Å². The molecule has 1 aromatic carbocycles. The van der Waals surface area contributed by atoms with Crippen molar-refractivity contribution >= 4 is 42.7 Å². The predicted octanol–water partition coefficient (Wildman–Crippen LogP) is 2.74. The fourth-order valence-corrected chi connectivity index (χ4v) is 3.27. The van der Waals surface area contributed by atoms with E-state index in [2.05, 4.69) is 44.0 Å². The van der Waals surface area contributed by atoms with E-state index in [0.29, 0.717) is 0 Å². The Labute approximate surface area is 179 Å². The van der Waals surface area contributed by atoms with Gasteiger partial charge < -0.3 is 20.3 Å². The van der Waals surface area contributed by atoms with Crippen LogP contribution in [0, 0.1) is 5.41 Å². The number of benzene rings is 1. The van der Waals surface area contributed by atoms with Crippen LogP contribution in [0.1, 0.15) is 19.4 Å². The highest BCUT2D eigenvalue weighted by Gasteiger charge is 2.26. The topological polar surface area (TPSA) is 75.3 Å². The first-order valence-electron chi connectivity index (χ1n) is 9.06. The van der Waals surface area contributed by atoms with Gasteiger partial charge in [-0.05, 0) is 35.6 Å². The molecule has 1 atom stereocenters. The maximum absolute atomic E-state index is 11.0. The third-order valence-corrected chi connectivity index (χ3v) is 5.12. The third-order valence-electron chi connectivity index (χ3n) is 5.12. The maximum Gasteiger partial charge on any atom is 0.225 e. The lowest BCUT2D eigenvalue weighted by molar-refractivity contribution is -0.110. The molecule has 6 nitrogen and oxygen atoms in total. The number of anilines is 2. The Hall–Kier alpha value is -1.89. The highest BCUT2D eigenvalue weighted by Crippen LogP contribution is 2.26. The van der Waals surface area contributed by atoms with E-state index >= 15 is 0 Å². The van der Waals surface area contributed by atoms with E-state index in [9.17, 15) is 4.79 Å². The number of nitrogens with two attached hydrogens (primary N) is 1. The summed E-state index contributed by atoms with van der Waals surface area (Å²) in [5.74, 6) is 0.802. The van der Waals surface area contributed by atoms with Gasteiger partial charge in [-0.15, -0.1) is 24.8 Å². The Morgan fingerprint density at radius 2 is 1.57 bits per heavy atom. The van der Waals surface area contributed by atoms with Gasteiger partial charge >= 0.3 is 0 Å². The molecule has 1 aromatic heterocycles. The number of nitrogens with zero attached hydrogens (tertiary/aromatic N) is 4. The summed E-state index contributed by atoms with van der Waals surface area (Å²) in [5.41, 5.74) is 8.09. The van der Waals surface area contributed by atoms with Crippen LogP contribution in [0.2, 0.25) is 0 Å². The second-order valence-corrected chi connectivity index (χ2v) is 7.52. The zero-order valence-electron chi connectivity index (χ0n) is 16.3.